The van der Waals surface area contributed by atoms with Crippen molar-refractivity contribution >= 4 is 22.1 Å². The number of thiophene rings is 1. The van der Waals surface area contributed by atoms with Gasteiger partial charge in [-0.1, -0.05) is 36.4 Å². The molecule has 4 rings (SSSR count). The van der Waals surface area contributed by atoms with Crippen molar-refractivity contribution in [2.45, 2.75) is 31.8 Å². The van der Waals surface area contributed by atoms with Gasteiger partial charge in [0.15, 0.2) is 0 Å². The van der Waals surface area contributed by atoms with Crippen molar-refractivity contribution in [3.8, 4) is 0 Å². The average molecular weight is 293 g/mol. The molecule has 106 valence electrons. The van der Waals surface area contributed by atoms with Crippen molar-refractivity contribution in [2.24, 2.45) is 0 Å². The molecule has 2 heteroatoms. The minimum Gasteiger partial charge on any atom is -0.306 e. The second-order valence-electron chi connectivity index (χ2n) is 5.81. The van der Waals surface area contributed by atoms with Gasteiger partial charge in [-0.05, 0) is 58.7 Å². The zero-order chi connectivity index (χ0) is 14.1. The second kappa shape index (κ2) is 5.63. The highest BCUT2D eigenvalue weighted by atomic mass is 32.1. The van der Waals surface area contributed by atoms with E-state index in [4.69, 9.17) is 0 Å². The standard InChI is InChI=1S/C19H19NS/c1-2-5-16-12-14(8-9-15(16)4-1)13-20-18-6-3-7-19-17(18)10-11-21-19/h1-2,4-5,8-12,18,20H,3,6-7,13H2. The number of nitrogens with one attached hydrogen (secondary N) is 1. The summed E-state index contributed by atoms with van der Waals surface area (Å²) in [5.41, 5.74) is 2.91. The van der Waals surface area contributed by atoms with E-state index in [9.17, 15) is 0 Å². The first kappa shape index (κ1) is 13.1. The Bertz CT molecular complexity index is 759. The zero-order valence-corrected chi connectivity index (χ0v) is 12.8. The molecule has 0 spiro atoms. The average Bonchev–Trinajstić information content (AvgIpc) is 3.02. The number of rotatable bonds is 3. The van der Waals surface area contributed by atoms with Crippen LogP contribution in [0.3, 0.4) is 0 Å². The summed E-state index contributed by atoms with van der Waals surface area (Å²) >= 11 is 1.91. The van der Waals surface area contributed by atoms with Gasteiger partial charge in [-0.15, -0.1) is 11.3 Å². The van der Waals surface area contributed by atoms with Crippen LogP contribution in [-0.4, -0.2) is 0 Å². The number of hydrogen-bond acceptors (Lipinski definition) is 2. The van der Waals surface area contributed by atoms with Crippen molar-refractivity contribution in [3.63, 3.8) is 0 Å². The highest BCUT2D eigenvalue weighted by molar-refractivity contribution is 7.10. The Balaban J connectivity index is 1.51. The highest BCUT2D eigenvalue weighted by Gasteiger charge is 2.20. The Morgan fingerprint density at radius 1 is 1.05 bits per heavy atom. The first-order valence-electron chi connectivity index (χ1n) is 7.67. The van der Waals surface area contributed by atoms with E-state index in [1.165, 1.54) is 41.2 Å². The summed E-state index contributed by atoms with van der Waals surface area (Å²) in [5.74, 6) is 0. The molecule has 0 saturated carbocycles. The summed E-state index contributed by atoms with van der Waals surface area (Å²) in [6, 6.07) is 18.2. The molecule has 0 radical (unpaired) electrons. The number of fused-ring (bicyclic) bond motifs is 2. The van der Waals surface area contributed by atoms with Crippen LogP contribution >= 0.6 is 11.3 Å². The van der Waals surface area contributed by atoms with E-state index < -0.39 is 0 Å². The van der Waals surface area contributed by atoms with Crippen LogP contribution < -0.4 is 5.32 Å². The van der Waals surface area contributed by atoms with Gasteiger partial charge in [-0.25, -0.2) is 0 Å². The van der Waals surface area contributed by atoms with E-state index in [1.807, 2.05) is 11.3 Å². The third-order valence-corrected chi connectivity index (χ3v) is 5.41. The Kier molecular flexibility index (Phi) is 3.50. The quantitative estimate of drug-likeness (QED) is 0.711. The third kappa shape index (κ3) is 2.61. The fourth-order valence-corrected chi connectivity index (χ4v) is 4.28. The molecule has 0 aliphatic heterocycles. The number of benzene rings is 2. The molecule has 1 aliphatic rings. The van der Waals surface area contributed by atoms with Gasteiger partial charge in [0.2, 0.25) is 0 Å². The largest absolute Gasteiger partial charge is 0.306 e. The fraction of sp³-hybridized carbons (Fsp3) is 0.263. The monoisotopic (exact) mass is 293 g/mol. The van der Waals surface area contributed by atoms with E-state index >= 15 is 0 Å². The SMILES string of the molecule is c1ccc2cc(CNC3CCCc4sccc43)ccc2c1. The van der Waals surface area contributed by atoms with Crippen LogP contribution in [0, 0.1) is 0 Å². The van der Waals surface area contributed by atoms with Gasteiger partial charge in [0.1, 0.15) is 0 Å². The van der Waals surface area contributed by atoms with E-state index in [0.29, 0.717) is 6.04 Å². The number of aryl methyl sites for hydroxylation is 1. The van der Waals surface area contributed by atoms with Crippen molar-refractivity contribution in [1.82, 2.24) is 5.32 Å². The van der Waals surface area contributed by atoms with Crippen LogP contribution in [0.5, 0.6) is 0 Å². The molecule has 1 N–H and O–H groups in total. The molecular formula is C19H19NS. The van der Waals surface area contributed by atoms with Crippen molar-refractivity contribution in [3.05, 3.63) is 69.9 Å². The molecule has 0 saturated heterocycles. The van der Waals surface area contributed by atoms with Crippen LogP contribution in [0.15, 0.2) is 53.9 Å². The van der Waals surface area contributed by atoms with Gasteiger partial charge in [0, 0.05) is 17.5 Å². The molecule has 1 nitrogen and oxygen atoms in total. The van der Waals surface area contributed by atoms with Gasteiger partial charge in [-0.2, -0.15) is 0 Å². The van der Waals surface area contributed by atoms with Crippen LogP contribution in [0.2, 0.25) is 0 Å². The van der Waals surface area contributed by atoms with E-state index in [1.54, 1.807) is 4.88 Å². The maximum absolute atomic E-state index is 3.75. The summed E-state index contributed by atoms with van der Waals surface area (Å²) in [7, 11) is 0. The molecule has 1 aliphatic carbocycles. The lowest BCUT2D eigenvalue weighted by atomic mass is 9.94. The summed E-state index contributed by atoms with van der Waals surface area (Å²) in [5, 5.41) is 8.64. The Morgan fingerprint density at radius 3 is 2.90 bits per heavy atom. The molecule has 1 atom stereocenters. The van der Waals surface area contributed by atoms with Crippen LogP contribution in [-0.2, 0) is 13.0 Å². The predicted octanol–water partition coefficient (Wildman–Crippen LogP) is 5.07. The summed E-state index contributed by atoms with van der Waals surface area (Å²) in [6.45, 7) is 0.949. The second-order valence-corrected chi connectivity index (χ2v) is 6.81. The normalized spacial score (nSPS) is 17.8. The van der Waals surface area contributed by atoms with Crippen molar-refractivity contribution in [2.75, 3.05) is 0 Å². The lowest BCUT2D eigenvalue weighted by molar-refractivity contribution is 0.463. The third-order valence-electron chi connectivity index (χ3n) is 4.42. The summed E-state index contributed by atoms with van der Waals surface area (Å²) in [4.78, 5) is 1.58. The minimum atomic E-state index is 0.534. The van der Waals surface area contributed by atoms with Crippen LogP contribution in [0.4, 0.5) is 0 Å². The van der Waals surface area contributed by atoms with Gasteiger partial charge in [-0.3, -0.25) is 0 Å². The summed E-state index contributed by atoms with van der Waals surface area (Å²) < 4.78 is 0. The van der Waals surface area contributed by atoms with Crippen molar-refractivity contribution in [1.29, 1.82) is 0 Å². The molecule has 3 aromatic rings. The highest BCUT2D eigenvalue weighted by Crippen LogP contribution is 2.33. The fourth-order valence-electron chi connectivity index (χ4n) is 3.29. The van der Waals surface area contributed by atoms with Gasteiger partial charge < -0.3 is 5.32 Å². The molecule has 0 bridgehead atoms. The first-order chi connectivity index (χ1) is 10.4. The topological polar surface area (TPSA) is 12.0 Å². The van der Waals surface area contributed by atoms with Gasteiger partial charge in [0.05, 0.1) is 0 Å². The summed E-state index contributed by atoms with van der Waals surface area (Å²) in [6.07, 6.45) is 3.83. The van der Waals surface area contributed by atoms with Crippen LogP contribution in [0.1, 0.15) is 34.9 Å². The molecule has 1 unspecified atom stereocenters. The van der Waals surface area contributed by atoms with Crippen molar-refractivity contribution < 1.29 is 0 Å². The van der Waals surface area contributed by atoms with E-state index in [0.717, 1.165) is 6.54 Å². The Hall–Kier alpha value is -1.64. The van der Waals surface area contributed by atoms with Gasteiger partial charge in [0.25, 0.3) is 0 Å². The lowest BCUT2D eigenvalue weighted by Crippen LogP contribution is -2.23. The first-order valence-corrected chi connectivity index (χ1v) is 8.55. The van der Waals surface area contributed by atoms with Gasteiger partial charge >= 0.3 is 0 Å². The lowest BCUT2D eigenvalue weighted by Gasteiger charge is -2.24. The molecule has 21 heavy (non-hydrogen) atoms. The molecule has 1 aromatic heterocycles. The Labute approximate surface area is 129 Å². The van der Waals surface area contributed by atoms with E-state index in [-0.39, 0.29) is 0 Å². The predicted molar refractivity (Wildman–Crippen MR) is 90.8 cm³/mol. The Morgan fingerprint density at radius 2 is 1.95 bits per heavy atom. The molecule has 2 aromatic carbocycles. The molecule has 1 heterocycles. The van der Waals surface area contributed by atoms with Crippen LogP contribution in [0.25, 0.3) is 10.8 Å². The maximum atomic E-state index is 3.75. The smallest absolute Gasteiger partial charge is 0.0334 e. The molecular weight excluding hydrogens is 274 g/mol. The van der Waals surface area contributed by atoms with E-state index in [2.05, 4.69) is 59.2 Å². The number of hydrogen-bond donors (Lipinski definition) is 1. The minimum absolute atomic E-state index is 0.534. The molecule has 0 amide bonds. The molecule has 0 fully saturated rings. The maximum Gasteiger partial charge on any atom is 0.0334 e. The zero-order valence-electron chi connectivity index (χ0n) is 12.0.